The molecule has 0 amide bonds. The smallest absolute Gasteiger partial charge is 0.142 e. The van der Waals surface area contributed by atoms with Crippen molar-refractivity contribution in [1.29, 1.82) is 0 Å². The molecule has 1 saturated heterocycles. The number of nitrogens with zero attached hydrogens (tertiary/aromatic N) is 5. The first-order valence-corrected chi connectivity index (χ1v) is 10.2. The fourth-order valence-corrected chi connectivity index (χ4v) is 4.27. The molecule has 28 heavy (non-hydrogen) atoms. The Bertz CT molecular complexity index is 1010. The molecule has 0 atom stereocenters. The number of benzene rings is 1. The zero-order chi connectivity index (χ0) is 19.1. The number of fused-ring (bicyclic) bond motifs is 1. The van der Waals surface area contributed by atoms with Crippen LogP contribution >= 0.6 is 0 Å². The van der Waals surface area contributed by atoms with Gasteiger partial charge in [-0.3, -0.25) is 9.48 Å². The summed E-state index contributed by atoms with van der Waals surface area (Å²) in [5, 5.41) is 13.9. The van der Waals surface area contributed by atoms with E-state index in [0.29, 0.717) is 12.2 Å². The van der Waals surface area contributed by atoms with Crippen molar-refractivity contribution in [2.45, 2.75) is 38.1 Å². The van der Waals surface area contributed by atoms with Gasteiger partial charge >= 0.3 is 0 Å². The van der Waals surface area contributed by atoms with Crippen molar-refractivity contribution < 1.29 is 4.79 Å². The highest BCUT2D eigenvalue weighted by molar-refractivity contribution is 5.86. The molecule has 0 N–H and O–H groups in total. The summed E-state index contributed by atoms with van der Waals surface area (Å²) in [6.07, 6.45) is 8.89. The number of piperidine rings is 1. The third kappa shape index (κ3) is 3.56. The number of ketones is 1. The molecule has 0 bridgehead atoms. The SMILES string of the molecule is Cn1cc(-c2ccc3nnc(CC(=O)C4CCN(C5CC5)CC4)cc3c2)cn1. The van der Waals surface area contributed by atoms with Crippen LogP contribution in [0.5, 0.6) is 0 Å². The summed E-state index contributed by atoms with van der Waals surface area (Å²) in [5.41, 5.74) is 3.78. The van der Waals surface area contributed by atoms with Crippen molar-refractivity contribution in [3.63, 3.8) is 0 Å². The molecule has 2 aromatic heterocycles. The minimum absolute atomic E-state index is 0.175. The molecule has 1 aliphatic carbocycles. The molecule has 6 nitrogen and oxygen atoms in total. The molecule has 5 rings (SSSR count). The first-order chi connectivity index (χ1) is 13.7. The Morgan fingerprint density at radius 2 is 1.89 bits per heavy atom. The molecule has 3 heterocycles. The van der Waals surface area contributed by atoms with Crippen molar-refractivity contribution in [3.05, 3.63) is 42.4 Å². The third-order valence-corrected chi connectivity index (χ3v) is 6.08. The van der Waals surface area contributed by atoms with Crippen LogP contribution in [0.3, 0.4) is 0 Å². The molecule has 1 aromatic carbocycles. The van der Waals surface area contributed by atoms with Gasteiger partial charge in [-0.2, -0.15) is 15.3 Å². The monoisotopic (exact) mass is 375 g/mol. The summed E-state index contributed by atoms with van der Waals surface area (Å²) in [6.45, 7) is 2.14. The van der Waals surface area contributed by atoms with E-state index in [4.69, 9.17) is 0 Å². The molecule has 1 saturated carbocycles. The quantitative estimate of drug-likeness (QED) is 0.686. The number of aromatic nitrogens is 4. The second kappa shape index (κ2) is 7.09. The van der Waals surface area contributed by atoms with E-state index in [0.717, 1.165) is 59.7 Å². The Hall–Kier alpha value is -2.60. The first kappa shape index (κ1) is 17.5. The number of aryl methyl sites for hydroxylation is 1. The summed E-state index contributed by atoms with van der Waals surface area (Å²) in [5.74, 6) is 0.488. The maximum atomic E-state index is 12.8. The molecule has 6 heteroatoms. The molecule has 1 aliphatic heterocycles. The summed E-state index contributed by atoms with van der Waals surface area (Å²) in [4.78, 5) is 15.3. The molecule has 2 fully saturated rings. The Morgan fingerprint density at radius 3 is 2.61 bits per heavy atom. The molecule has 144 valence electrons. The van der Waals surface area contributed by atoms with Crippen LogP contribution in [0.2, 0.25) is 0 Å². The van der Waals surface area contributed by atoms with E-state index in [1.54, 1.807) is 4.68 Å². The zero-order valence-corrected chi connectivity index (χ0v) is 16.2. The minimum Gasteiger partial charge on any atom is -0.300 e. The Balaban J connectivity index is 1.30. The topological polar surface area (TPSA) is 63.9 Å². The van der Waals surface area contributed by atoms with E-state index >= 15 is 0 Å². The normalized spacial score (nSPS) is 18.6. The van der Waals surface area contributed by atoms with Gasteiger partial charge in [0.2, 0.25) is 0 Å². The highest BCUT2D eigenvalue weighted by atomic mass is 16.1. The number of hydrogen-bond acceptors (Lipinski definition) is 5. The van der Waals surface area contributed by atoms with Crippen molar-refractivity contribution in [3.8, 4) is 11.1 Å². The maximum Gasteiger partial charge on any atom is 0.142 e. The van der Waals surface area contributed by atoms with Crippen LogP contribution in [0.1, 0.15) is 31.4 Å². The van der Waals surface area contributed by atoms with Gasteiger partial charge < -0.3 is 4.90 Å². The predicted molar refractivity (Wildman–Crippen MR) is 108 cm³/mol. The van der Waals surface area contributed by atoms with Gasteiger partial charge in [-0.25, -0.2) is 0 Å². The molecule has 3 aromatic rings. The molecule has 0 unspecified atom stereocenters. The van der Waals surface area contributed by atoms with Gasteiger partial charge in [0.15, 0.2) is 0 Å². The van der Waals surface area contributed by atoms with Gasteiger partial charge in [-0.05, 0) is 62.5 Å². The lowest BCUT2D eigenvalue weighted by Crippen LogP contribution is -2.38. The van der Waals surface area contributed by atoms with Crippen LogP contribution in [0.25, 0.3) is 22.0 Å². The second-order valence-corrected chi connectivity index (χ2v) is 8.20. The standard InChI is InChI=1S/C22H25N5O/c1-26-14-18(13-23-26)16-2-5-21-17(10-16)11-19(24-25-21)12-22(28)15-6-8-27(9-7-15)20-3-4-20/h2,5,10-11,13-15,20H,3-4,6-9,12H2,1H3. The van der Waals surface area contributed by atoms with E-state index in [1.807, 2.05) is 37.6 Å². The van der Waals surface area contributed by atoms with Crippen molar-refractivity contribution >= 4 is 16.7 Å². The predicted octanol–water partition coefficient (Wildman–Crippen LogP) is 3.02. The number of hydrogen-bond donors (Lipinski definition) is 0. The summed E-state index contributed by atoms with van der Waals surface area (Å²) in [6, 6.07) is 8.93. The number of likely N-dealkylation sites (tertiary alicyclic amines) is 1. The summed E-state index contributed by atoms with van der Waals surface area (Å²) >= 11 is 0. The second-order valence-electron chi connectivity index (χ2n) is 8.20. The van der Waals surface area contributed by atoms with Gasteiger partial charge in [0.05, 0.1) is 23.8 Å². The van der Waals surface area contributed by atoms with Gasteiger partial charge in [0.1, 0.15) is 5.78 Å². The Morgan fingerprint density at radius 1 is 1.07 bits per heavy atom. The van der Waals surface area contributed by atoms with E-state index in [9.17, 15) is 4.79 Å². The number of Topliss-reactive ketones (excluding diaryl/α,β-unsaturated/α-hetero) is 1. The highest BCUT2D eigenvalue weighted by Crippen LogP contribution is 2.31. The van der Waals surface area contributed by atoms with Crippen LogP contribution < -0.4 is 0 Å². The van der Waals surface area contributed by atoms with E-state index in [-0.39, 0.29) is 5.92 Å². The molecular weight excluding hydrogens is 350 g/mol. The minimum atomic E-state index is 0.175. The third-order valence-electron chi connectivity index (χ3n) is 6.08. The van der Waals surface area contributed by atoms with Crippen molar-refractivity contribution in [2.24, 2.45) is 13.0 Å². The fraction of sp³-hybridized carbons (Fsp3) is 0.455. The average Bonchev–Trinajstić information content (AvgIpc) is 3.48. The molecule has 2 aliphatic rings. The van der Waals surface area contributed by atoms with Crippen LogP contribution in [0, 0.1) is 5.92 Å². The van der Waals surface area contributed by atoms with E-state index in [1.165, 1.54) is 12.8 Å². The molecule has 0 radical (unpaired) electrons. The lowest BCUT2D eigenvalue weighted by atomic mass is 9.90. The van der Waals surface area contributed by atoms with Gasteiger partial charge in [0.25, 0.3) is 0 Å². The lowest BCUT2D eigenvalue weighted by molar-refractivity contribution is -0.123. The van der Waals surface area contributed by atoms with E-state index in [2.05, 4.69) is 26.3 Å². The molecule has 0 spiro atoms. The number of carbonyl (C=O) groups excluding carboxylic acids is 1. The highest BCUT2D eigenvalue weighted by Gasteiger charge is 2.33. The van der Waals surface area contributed by atoms with Crippen LogP contribution in [-0.2, 0) is 18.3 Å². The van der Waals surface area contributed by atoms with Crippen LogP contribution in [0.15, 0.2) is 36.7 Å². The average molecular weight is 375 g/mol. The lowest BCUT2D eigenvalue weighted by Gasteiger charge is -2.31. The first-order valence-electron chi connectivity index (χ1n) is 10.2. The van der Waals surface area contributed by atoms with Crippen LogP contribution in [0.4, 0.5) is 0 Å². The molecular formula is C22H25N5O. The largest absolute Gasteiger partial charge is 0.300 e. The fourth-order valence-electron chi connectivity index (χ4n) is 4.27. The maximum absolute atomic E-state index is 12.8. The Labute approximate surface area is 164 Å². The number of rotatable bonds is 5. The number of carbonyl (C=O) groups is 1. The summed E-state index contributed by atoms with van der Waals surface area (Å²) in [7, 11) is 1.91. The van der Waals surface area contributed by atoms with Gasteiger partial charge in [-0.15, -0.1) is 0 Å². The summed E-state index contributed by atoms with van der Waals surface area (Å²) < 4.78 is 1.79. The zero-order valence-electron chi connectivity index (χ0n) is 16.2. The van der Waals surface area contributed by atoms with Gasteiger partial charge in [0, 0.05) is 36.2 Å². The van der Waals surface area contributed by atoms with E-state index < -0.39 is 0 Å². The van der Waals surface area contributed by atoms with Crippen LogP contribution in [-0.4, -0.2) is 49.8 Å². The Kier molecular flexibility index (Phi) is 4.43. The van der Waals surface area contributed by atoms with Crippen molar-refractivity contribution in [1.82, 2.24) is 24.9 Å². The van der Waals surface area contributed by atoms with Gasteiger partial charge in [-0.1, -0.05) is 6.07 Å². The van der Waals surface area contributed by atoms with Crippen molar-refractivity contribution in [2.75, 3.05) is 13.1 Å².